The van der Waals surface area contributed by atoms with E-state index in [9.17, 15) is 0 Å². The normalized spacial score (nSPS) is 27.7. The molecule has 0 bridgehead atoms. The zero-order valence-corrected chi connectivity index (χ0v) is 8.15. The van der Waals surface area contributed by atoms with Gasteiger partial charge in [-0.05, 0) is 19.9 Å². The molecule has 1 fully saturated rings. The van der Waals surface area contributed by atoms with Crippen LogP contribution in [0.5, 0.6) is 0 Å². The Hall–Kier alpha value is -0.410. The number of rotatable bonds is 1. The van der Waals surface area contributed by atoms with Crippen LogP contribution >= 0.6 is 11.8 Å². The van der Waals surface area contributed by atoms with Crippen molar-refractivity contribution in [2.75, 3.05) is 5.75 Å². The van der Waals surface area contributed by atoms with Gasteiger partial charge in [-0.2, -0.15) is 0 Å². The number of nitrogens with one attached hydrogen (secondary N) is 1. The van der Waals surface area contributed by atoms with Crippen LogP contribution in [0.3, 0.4) is 0 Å². The molecule has 1 N–H and O–H groups in total. The highest BCUT2D eigenvalue weighted by Gasteiger charge is 2.31. The molecule has 1 aliphatic heterocycles. The van der Waals surface area contributed by atoms with Crippen LogP contribution < -0.4 is 5.32 Å². The van der Waals surface area contributed by atoms with Crippen molar-refractivity contribution in [1.29, 1.82) is 0 Å². The maximum atomic E-state index is 5.04. The van der Waals surface area contributed by atoms with E-state index in [4.69, 9.17) is 4.42 Å². The summed E-state index contributed by atoms with van der Waals surface area (Å²) in [5.41, 5.74) is 1.50. The minimum absolute atomic E-state index is 0.257. The van der Waals surface area contributed by atoms with Gasteiger partial charge < -0.3 is 4.42 Å². The van der Waals surface area contributed by atoms with Gasteiger partial charge in [0, 0.05) is 16.9 Å². The predicted octanol–water partition coefficient (Wildman–Crippen LogP) is 2.39. The Morgan fingerprint density at radius 1 is 1.67 bits per heavy atom. The maximum absolute atomic E-state index is 5.04. The highest BCUT2D eigenvalue weighted by Crippen LogP contribution is 2.37. The zero-order chi connectivity index (χ0) is 8.60. The highest BCUT2D eigenvalue weighted by molar-refractivity contribution is 7.99. The average molecular weight is 183 g/mol. The van der Waals surface area contributed by atoms with E-state index < -0.39 is 0 Å². The summed E-state index contributed by atoms with van der Waals surface area (Å²) in [6.45, 7) is 4.44. The molecule has 2 heterocycles. The van der Waals surface area contributed by atoms with Crippen molar-refractivity contribution >= 4 is 11.8 Å². The van der Waals surface area contributed by atoms with Crippen LogP contribution in [0.15, 0.2) is 23.0 Å². The Balaban J connectivity index is 2.10. The number of furan rings is 1. The molecule has 66 valence electrons. The summed E-state index contributed by atoms with van der Waals surface area (Å²) >= 11 is 1.94. The number of hydrogen-bond donors (Lipinski definition) is 1. The monoisotopic (exact) mass is 183 g/mol. The van der Waals surface area contributed by atoms with E-state index in [0.29, 0.717) is 5.37 Å². The van der Waals surface area contributed by atoms with Crippen molar-refractivity contribution in [2.24, 2.45) is 0 Å². The minimum Gasteiger partial charge on any atom is -0.472 e. The third-order valence-electron chi connectivity index (χ3n) is 1.98. The van der Waals surface area contributed by atoms with Crippen molar-refractivity contribution in [3.8, 4) is 0 Å². The van der Waals surface area contributed by atoms with E-state index in [2.05, 4.69) is 19.2 Å². The van der Waals surface area contributed by atoms with Gasteiger partial charge in [0.2, 0.25) is 0 Å². The molecule has 12 heavy (non-hydrogen) atoms. The Kier molecular flexibility index (Phi) is 1.93. The summed E-state index contributed by atoms with van der Waals surface area (Å²) in [6.07, 6.45) is 3.54. The van der Waals surface area contributed by atoms with Crippen molar-refractivity contribution in [3.05, 3.63) is 24.2 Å². The molecule has 1 saturated heterocycles. The smallest absolute Gasteiger partial charge is 0.0959 e. The fourth-order valence-corrected chi connectivity index (χ4v) is 2.73. The topological polar surface area (TPSA) is 25.2 Å². The molecule has 3 heteroatoms. The SMILES string of the molecule is CC1(C)CSC(c2ccoc2)N1. The van der Waals surface area contributed by atoms with Gasteiger partial charge in [0.15, 0.2) is 0 Å². The van der Waals surface area contributed by atoms with Crippen LogP contribution in [0.2, 0.25) is 0 Å². The third-order valence-corrected chi connectivity index (χ3v) is 3.59. The molecule has 1 aromatic rings. The summed E-state index contributed by atoms with van der Waals surface area (Å²) in [5, 5.41) is 3.95. The average Bonchev–Trinajstić information content (AvgIpc) is 2.55. The lowest BCUT2D eigenvalue weighted by atomic mass is 10.1. The Morgan fingerprint density at radius 2 is 2.50 bits per heavy atom. The third kappa shape index (κ3) is 1.52. The molecular weight excluding hydrogens is 170 g/mol. The molecule has 0 amide bonds. The van der Waals surface area contributed by atoms with E-state index in [1.807, 2.05) is 24.1 Å². The van der Waals surface area contributed by atoms with Crippen LogP contribution in [-0.2, 0) is 0 Å². The minimum atomic E-state index is 0.257. The van der Waals surface area contributed by atoms with E-state index in [0.717, 1.165) is 5.75 Å². The molecule has 2 nitrogen and oxygen atoms in total. The first-order chi connectivity index (χ1) is 5.67. The number of thioether (sulfide) groups is 1. The van der Waals surface area contributed by atoms with Crippen LogP contribution in [-0.4, -0.2) is 11.3 Å². The fourth-order valence-electron chi connectivity index (χ4n) is 1.33. The lowest BCUT2D eigenvalue weighted by molar-refractivity contribution is 0.450. The van der Waals surface area contributed by atoms with Crippen LogP contribution in [0.1, 0.15) is 24.8 Å². The van der Waals surface area contributed by atoms with Gasteiger partial charge in [0.25, 0.3) is 0 Å². The van der Waals surface area contributed by atoms with Gasteiger partial charge in [0.1, 0.15) is 0 Å². The lowest BCUT2D eigenvalue weighted by Gasteiger charge is -2.17. The fraction of sp³-hybridized carbons (Fsp3) is 0.556. The molecule has 1 aromatic heterocycles. The second kappa shape index (κ2) is 2.82. The van der Waals surface area contributed by atoms with E-state index in [1.165, 1.54) is 5.56 Å². The maximum Gasteiger partial charge on any atom is 0.0959 e. The first-order valence-electron chi connectivity index (χ1n) is 4.09. The molecule has 0 saturated carbocycles. The zero-order valence-electron chi connectivity index (χ0n) is 7.33. The molecule has 0 aliphatic carbocycles. The van der Waals surface area contributed by atoms with E-state index in [-0.39, 0.29) is 5.54 Å². The van der Waals surface area contributed by atoms with Crippen LogP contribution in [0.4, 0.5) is 0 Å². The molecule has 1 atom stereocenters. The van der Waals surface area contributed by atoms with Crippen LogP contribution in [0, 0.1) is 0 Å². The predicted molar refractivity (Wildman–Crippen MR) is 51.1 cm³/mol. The van der Waals surface area contributed by atoms with Gasteiger partial charge >= 0.3 is 0 Å². The van der Waals surface area contributed by atoms with Crippen molar-refractivity contribution in [3.63, 3.8) is 0 Å². The van der Waals surface area contributed by atoms with Gasteiger partial charge in [-0.3, -0.25) is 5.32 Å². The van der Waals surface area contributed by atoms with Gasteiger partial charge in [-0.15, -0.1) is 11.8 Å². The van der Waals surface area contributed by atoms with Gasteiger partial charge in [-0.25, -0.2) is 0 Å². The molecule has 1 aliphatic rings. The molecule has 0 aromatic carbocycles. The van der Waals surface area contributed by atoms with E-state index >= 15 is 0 Å². The second-order valence-electron chi connectivity index (χ2n) is 3.78. The lowest BCUT2D eigenvalue weighted by Crippen LogP contribution is -2.35. The first-order valence-corrected chi connectivity index (χ1v) is 5.14. The summed E-state index contributed by atoms with van der Waals surface area (Å²) in [5.74, 6) is 1.16. The van der Waals surface area contributed by atoms with Crippen molar-refractivity contribution < 1.29 is 4.42 Å². The molecule has 2 rings (SSSR count). The second-order valence-corrected chi connectivity index (χ2v) is 4.87. The van der Waals surface area contributed by atoms with Gasteiger partial charge in [-0.1, -0.05) is 0 Å². The standard InChI is InChI=1S/C9H13NOS/c1-9(2)6-12-8(10-9)7-3-4-11-5-7/h3-5,8,10H,6H2,1-2H3. The quantitative estimate of drug-likeness (QED) is 0.723. The van der Waals surface area contributed by atoms with Crippen LogP contribution in [0.25, 0.3) is 0 Å². The van der Waals surface area contributed by atoms with E-state index in [1.54, 1.807) is 6.26 Å². The molecule has 0 spiro atoms. The van der Waals surface area contributed by atoms with Crippen molar-refractivity contribution in [1.82, 2.24) is 5.32 Å². The molecule has 1 unspecified atom stereocenters. The molecule has 0 radical (unpaired) electrons. The summed E-state index contributed by atoms with van der Waals surface area (Å²) in [4.78, 5) is 0. The summed E-state index contributed by atoms with van der Waals surface area (Å²) in [7, 11) is 0. The van der Waals surface area contributed by atoms with Gasteiger partial charge in [0.05, 0.1) is 17.9 Å². The Labute approximate surface area is 76.7 Å². The van der Waals surface area contributed by atoms with Crippen molar-refractivity contribution in [2.45, 2.75) is 24.8 Å². The summed E-state index contributed by atoms with van der Waals surface area (Å²) < 4.78 is 5.04. The first kappa shape index (κ1) is 8.20. The Morgan fingerprint density at radius 3 is 3.00 bits per heavy atom. The Bertz CT molecular complexity index is 256. The number of hydrogen-bond acceptors (Lipinski definition) is 3. The largest absolute Gasteiger partial charge is 0.472 e. The summed E-state index contributed by atoms with van der Waals surface area (Å²) in [6, 6.07) is 2.02. The highest BCUT2D eigenvalue weighted by atomic mass is 32.2. The molecular formula is C9H13NOS.